The van der Waals surface area contributed by atoms with Gasteiger partial charge in [0.1, 0.15) is 0 Å². The predicted octanol–water partition coefficient (Wildman–Crippen LogP) is 15.4. The molecule has 0 unspecified atom stereocenters. The Balaban J connectivity index is 1.05. The first-order valence-electron chi connectivity index (χ1n) is 20.4. The van der Waals surface area contributed by atoms with Gasteiger partial charge >= 0.3 is 0 Å². The molecule has 2 nitrogen and oxygen atoms in total. The molecule has 0 bridgehead atoms. The Morgan fingerprint density at radius 2 is 0.966 bits per heavy atom. The maximum atomic E-state index is 4.88. The van der Waals surface area contributed by atoms with Crippen molar-refractivity contribution in [3.05, 3.63) is 206 Å². The van der Waals surface area contributed by atoms with E-state index in [1.807, 2.05) is 12.3 Å². The first kappa shape index (κ1) is 32.3. The Bertz CT molecular complexity index is 3620. The molecule has 0 aliphatic heterocycles. The normalized spacial score (nSPS) is 12.1. The van der Waals surface area contributed by atoms with Crippen LogP contribution in [0.25, 0.3) is 126 Å². The first-order chi connectivity index (χ1) is 29.3. The van der Waals surface area contributed by atoms with E-state index in [2.05, 4.69) is 199 Å². The molecule has 1 aliphatic carbocycles. The van der Waals surface area contributed by atoms with Gasteiger partial charge in [0.05, 0.1) is 16.6 Å². The second-order valence-corrected chi connectivity index (χ2v) is 15.8. The molecule has 0 atom stereocenters. The second kappa shape index (κ2) is 12.3. The maximum absolute atomic E-state index is 4.88. The predicted molar refractivity (Wildman–Crippen MR) is 249 cm³/mol. The maximum Gasteiger partial charge on any atom is 0.0963 e. The van der Waals surface area contributed by atoms with Crippen LogP contribution < -0.4 is 0 Å². The lowest BCUT2D eigenvalue weighted by molar-refractivity contribution is 1.19. The van der Waals surface area contributed by atoms with Crippen molar-refractivity contribution < 1.29 is 0 Å². The zero-order chi connectivity index (χ0) is 38.6. The van der Waals surface area contributed by atoms with Crippen LogP contribution in [0, 0.1) is 0 Å². The first-order valence-corrected chi connectivity index (χ1v) is 20.4. The topological polar surface area (TPSA) is 17.8 Å². The molecular weight excluding hydrogens is 713 g/mol. The van der Waals surface area contributed by atoms with Gasteiger partial charge in [0.25, 0.3) is 0 Å². The number of hydrogen-bond donors (Lipinski definition) is 0. The number of benzene rings is 10. The van der Waals surface area contributed by atoms with Crippen molar-refractivity contribution in [1.29, 1.82) is 0 Å². The fourth-order valence-electron chi connectivity index (χ4n) is 10.3. The summed E-state index contributed by atoms with van der Waals surface area (Å²) in [6.45, 7) is 0. The van der Waals surface area contributed by atoms with Gasteiger partial charge in [-0.2, -0.15) is 0 Å². The van der Waals surface area contributed by atoms with Crippen LogP contribution in [0.5, 0.6) is 0 Å². The highest BCUT2D eigenvalue weighted by molar-refractivity contribution is 6.29. The molecule has 0 saturated heterocycles. The fraction of sp³-hybridized carbons (Fsp3) is 0. The second-order valence-electron chi connectivity index (χ2n) is 15.8. The number of hydrogen-bond acceptors (Lipinski definition) is 1. The summed E-state index contributed by atoms with van der Waals surface area (Å²) in [5.74, 6) is 0. The quantitative estimate of drug-likeness (QED) is 0.175. The molecular formula is C57H34N2. The Hall–Kier alpha value is -7.81. The molecule has 1 aliphatic rings. The minimum Gasteiger partial charge on any atom is -0.307 e. The molecule has 0 N–H and O–H groups in total. The minimum atomic E-state index is 1.02. The zero-order valence-corrected chi connectivity index (χ0v) is 32.0. The third kappa shape index (κ3) is 4.60. The van der Waals surface area contributed by atoms with Gasteiger partial charge in [0.2, 0.25) is 0 Å². The number of pyridine rings is 1. The minimum absolute atomic E-state index is 1.02. The van der Waals surface area contributed by atoms with E-state index in [1.165, 1.54) is 110 Å². The van der Waals surface area contributed by atoms with Crippen molar-refractivity contribution in [2.75, 3.05) is 0 Å². The highest BCUT2D eigenvalue weighted by Crippen LogP contribution is 2.58. The van der Waals surface area contributed by atoms with E-state index >= 15 is 0 Å². The highest BCUT2D eigenvalue weighted by Gasteiger charge is 2.31. The number of aromatic nitrogens is 2. The largest absolute Gasteiger partial charge is 0.307 e. The molecule has 59 heavy (non-hydrogen) atoms. The van der Waals surface area contributed by atoms with Crippen molar-refractivity contribution in [1.82, 2.24) is 9.55 Å². The Morgan fingerprint density at radius 3 is 1.73 bits per heavy atom. The Labute approximate surface area is 340 Å². The van der Waals surface area contributed by atoms with Crippen LogP contribution in [0.2, 0.25) is 0 Å². The van der Waals surface area contributed by atoms with Crippen LogP contribution in [-0.4, -0.2) is 9.55 Å². The van der Waals surface area contributed by atoms with E-state index in [9.17, 15) is 0 Å². The van der Waals surface area contributed by atoms with E-state index in [0.29, 0.717) is 0 Å². The summed E-state index contributed by atoms with van der Waals surface area (Å²) >= 11 is 0. The lowest BCUT2D eigenvalue weighted by Crippen LogP contribution is -1.95. The third-order valence-corrected chi connectivity index (χ3v) is 12.7. The molecule has 2 heterocycles. The zero-order valence-electron chi connectivity index (χ0n) is 32.0. The van der Waals surface area contributed by atoms with Gasteiger partial charge in [-0.05, 0) is 130 Å². The Kier molecular flexibility index (Phi) is 6.76. The third-order valence-electron chi connectivity index (χ3n) is 12.7. The van der Waals surface area contributed by atoms with E-state index in [0.717, 1.165) is 16.7 Å². The molecule has 0 fully saturated rings. The molecule has 0 radical (unpaired) electrons. The average Bonchev–Trinajstić information content (AvgIpc) is 3.82. The Morgan fingerprint density at radius 1 is 0.339 bits per heavy atom. The summed E-state index contributed by atoms with van der Waals surface area (Å²) in [5, 5.41) is 11.2. The van der Waals surface area contributed by atoms with Crippen molar-refractivity contribution >= 4 is 65.0 Å². The van der Waals surface area contributed by atoms with Gasteiger partial charge in [-0.1, -0.05) is 164 Å². The smallest absolute Gasteiger partial charge is 0.0963 e. The summed E-state index contributed by atoms with van der Waals surface area (Å²) in [7, 11) is 0. The summed E-state index contributed by atoms with van der Waals surface area (Å²) in [5.41, 5.74) is 17.2. The van der Waals surface area contributed by atoms with Gasteiger partial charge in [-0.25, -0.2) is 0 Å². The molecule has 272 valence electrons. The van der Waals surface area contributed by atoms with Gasteiger partial charge in [-0.3, -0.25) is 4.98 Å². The van der Waals surface area contributed by atoms with Crippen LogP contribution in [0.3, 0.4) is 0 Å². The SMILES string of the molecule is c1ccc(-c2c3c(c(-c4ccccc4)c4ccccc24)-c2ccc(-c4ccc5ccc(-n6c7cccnc7c7ccc8ccccc8c76)cc5c4)c4cccc-3c24)cc1. The molecule has 2 aromatic heterocycles. The lowest BCUT2D eigenvalue weighted by atomic mass is 9.82. The molecule has 0 spiro atoms. The van der Waals surface area contributed by atoms with Crippen molar-refractivity contribution in [2.24, 2.45) is 0 Å². The molecule has 13 rings (SSSR count). The van der Waals surface area contributed by atoms with E-state index in [4.69, 9.17) is 4.98 Å². The highest BCUT2D eigenvalue weighted by atomic mass is 15.0. The van der Waals surface area contributed by atoms with E-state index in [-0.39, 0.29) is 0 Å². The van der Waals surface area contributed by atoms with E-state index in [1.54, 1.807) is 0 Å². The van der Waals surface area contributed by atoms with E-state index < -0.39 is 0 Å². The summed E-state index contributed by atoms with van der Waals surface area (Å²) in [4.78, 5) is 4.88. The number of nitrogens with zero attached hydrogens (tertiary/aromatic N) is 2. The van der Waals surface area contributed by atoms with Crippen molar-refractivity contribution in [2.45, 2.75) is 0 Å². The molecule has 0 amide bonds. The van der Waals surface area contributed by atoms with Gasteiger partial charge in [0.15, 0.2) is 0 Å². The fourth-order valence-corrected chi connectivity index (χ4v) is 10.3. The lowest BCUT2D eigenvalue weighted by Gasteiger charge is -2.20. The number of fused-ring (bicyclic) bond motifs is 10. The summed E-state index contributed by atoms with van der Waals surface area (Å²) in [6.07, 6.45) is 1.90. The van der Waals surface area contributed by atoms with Gasteiger partial charge in [-0.15, -0.1) is 0 Å². The van der Waals surface area contributed by atoms with Crippen LogP contribution in [0.4, 0.5) is 0 Å². The van der Waals surface area contributed by atoms with Gasteiger partial charge in [0, 0.05) is 22.7 Å². The summed E-state index contributed by atoms with van der Waals surface area (Å²) < 4.78 is 2.40. The summed E-state index contributed by atoms with van der Waals surface area (Å²) in [6, 6.07) is 73.8. The van der Waals surface area contributed by atoms with Crippen LogP contribution in [-0.2, 0) is 0 Å². The number of rotatable bonds is 4. The van der Waals surface area contributed by atoms with Gasteiger partial charge < -0.3 is 4.57 Å². The molecule has 10 aromatic carbocycles. The molecule has 12 aromatic rings. The van der Waals surface area contributed by atoms with Crippen LogP contribution in [0.15, 0.2) is 206 Å². The van der Waals surface area contributed by atoms with Crippen molar-refractivity contribution in [3.8, 4) is 61.3 Å². The van der Waals surface area contributed by atoms with Crippen molar-refractivity contribution in [3.63, 3.8) is 0 Å². The standard InChI is InChI=1S/C57H34N2/c1-3-14-37(15-4-1)51-45-19-9-10-20-46(45)52(38-16-5-2-6-17-38)55-48-31-30-42(44-21-11-22-47(53(44)48)54(51)55)39-25-24-35-26-28-41(34-40(35)33-39)59-50-23-12-32-58-56(50)49-29-27-36-13-7-8-18-43(36)57(49)59/h1-34H. The monoisotopic (exact) mass is 746 g/mol. The molecule has 2 heteroatoms. The average molecular weight is 747 g/mol. The molecule has 0 saturated carbocycles. The van der Waals surface area contributed by atoms with Crippen LogP contribution >= 0.6 is 0 Å². The van der Waals surface area contributed by atoms with Crippen LogP contribution in [0.1, 0.15) is 0 Å².